The highest BCUT2D eigenvalue weighted by molar-refractivity contribution is 9.10. The Morgan fingerprint density at radius 2 is 1.89 bits per heavy atom. The van der Waals surface area contributed by atoms with Crippen molar-refractivity contribution in [2.24, 2.45) is 0 Å². The van der Waals surface area contributed by atoms with E-state index in [-0.39, 0.29) is 0 Å². The Kier molecular flexibility index (Phi) is 5.19. The molecule has 98 valence electrons. The molecule has 18 heavy (non-hydrogen) atoms. The number of halogens is 1. The van der Waals surface area contributed by atoms with Crippen LogP contribution in [0.4, 0.5) is 0 Å². The number of hydrogen-bond donors (Lipinski definition) is 1. The maximum Gasteiger partial charge on any atom is 0.176 e. The van der Waals surface area contributed by atoms with Gasteiger partial charge in [-0.25, -0.2) is 0 Å². The summed E-state index contributed by atoms with van der Waals surface area (Å²) in [7, 11) is -0.825. The monoisotopic (exact) mass is 329 g/mol. The van der Waals surface area contributed by atoms with Crippen LogP contribution < -0.4 is 0 Å². The number of hydrogen-bond acceptors (Lipinski definition) is 2. The Bertz CT molecular complexity index is 509. The van der Waals surface area contributed by atoms with Crippen LogP contribution in [-0.2, 0) is 15.2 Å². The Balaban J connectivity index is 2.14. The number of H-pyrrole nitrogens is 1. The molecule has 2 rings (SSSR count). The maximum atomic E-state index is 5.62. The third kappa shape index (κ3) is 3.55. The lowest BCUT2D eigenvalue weighted by Crippen LogP contribution is -1.94. The van der Waals surface area contributed by atoms with Crippen LogP contribution >= 0.6 is 24.3 Å². The first-order chi connectivity index (χ1) is 8.72. The highest BCUT2D eigenvalue weighted by atomic mass is 79.9. The molecule has 0 aliphatic heterocycles. The van der Waals surface area contributed by atoms with Gasteiger partial charge in [0.25, 0.3) is 0 Å². The molecule has 0 unspecified atom stereocenters. The van der Waals surface area contributed by atoms with E-state index in [0.717, 1.165) is 21.8 Å². The zero-order valence-corrected chi connectivity index (χ0v) is 13.1. The average Bonchev–Trinajstić information content (AvgIpc) is 2.71. The van der Waals surface area contributed by atoms with Crippen LogP contribution in [0.15, 0.2) is 28.7 Å². The summed E-state index contributed by atoms with van der Waals surface area (Å²) in [5.41, 5.74) is 2.30. The Morgan fingerprint density at radius 1 is 1.17 bits per heavy atom. The molecule has 0 atom stereocenters. The third-order valence-electron chi connectivity index (χ3n) is 2.49. The molecule has 1 aromatic heterocycles. The van der Waals surface area contributed by atoms with E-state index in [4.69, 9.17) is 9.05 Å². The van der Waals surface area contributed by atoms with E-state index in [1.54, 1.807) is 0 Å². The molecule has 0 fully saturated rings. The van der Waals surface area contributed by atoms with Crippen molar-refractivity contribution in [2.75, 3.05) is 13.2 Å². The van der Waals surface area contributed by atoms with E-state index >= 15 is 0 Å². The van der Waals surface area contributed by atoms with Crippen molar-refractivity contribution in [1.82, 2.24) is 4.98 Å². The van der Waals surface area contributed by atoms with Crippen LogP contribution in [0, 0.1) is 0 Å². The van der Waals surface area contributed by atoms with Crippen LogP contribution in [0.1, 0.15) is 19.5 Å². The van der Waals surface area contributed by atoms with Crippen LogP contribution in [-0.4, -0.2) is 18.2 Å². The van der Waals surface area contributed by atoms with Crippen LogP contribution in [0.2, 0.25) is 0 Å². The lowest BCUT2D eigenvalue weighted by atomic mass is 10.2. The number of aromatic amines is 1. The summed E-state index contributed by atoms with van der Waals surface area (Å²) in [5, 5.41) is 1.22. The molecule has 3 nitrogen and oxygen atoms in total. The van der Waals surface area contributed by atoms with Gasteiger partial charge in [-0.1, -0.05) is 22.0 Å². The van der Waals surface area contributed by atoms with Gasteiger partial charge in [0.1, 0.15) is 0 Å². The molecular weight excluding hydrogens is 313 g/mol. The maximum absolute atomic E-state index is 5.62. The van der Waals surface area contributed by atoms with Gasteiger partial charge in [0, 0.05) is 15.7 Å². The SMILES string of the molecule is CCOP(Cc1cc2ccc(Br)cc2[nH]1)OCC. The first-order valence-electron chi connectivity index (χ1n) is 6.03. The van der Waals surface area contributed by atoms with Crippen LogP contribution in [0.25, 0.3) is 10.9 Å². The lowest BCUT2D eigenvalue weighted by molar-refractivity contribution is 0.268. The molecule has 0 bridgehead atoms. The number of rotatable bonds is 6. The standard InChI is InChI=1S/C13H17BrNO2P/c1-3-16-18(17-4-2)9-12-7-10-5-6-11(14)8-13(10)15-12/h5-8,15H,3-4,9H2,1-2H3. The quantitative estimate of drug-likeness (QED) is 0.771. The molecule has 0 saturated heterocycles. The Hall–Kier alpha value is -0.410. The summed E-state index contributed by atoms with van der Waals surface area (Å²) in [6.45, 7) is 5.38. The minimum absolute atomic E-state index is 0.692. The second-order valence-electron chi connectivity index (χ2n) is 3.85. The summed E-state index contributed by atoms with van der Waals surface area (Å²) < 4.78 is 12.3. The molecule has 1 N–H and O–H groups in total. The largest absolute Gasteiger partial charge is 0.358 e. The van der Waals surface area contributed by atoms with Gasteiger partial charge in [-0.15, -0.1) is 0 Å². The molecule has 0 radical (unpaired) electrons. The van der Waals surface area contributed by atoms with Crippen molar-refractivity contribution in [3.63, 3.8) is 0 Å². The first kappa shape index (κ1) is 14.0. The third-order valence-corrected chi connectivity index (χ3v) is 4.67. The molecule has 0 aliphatic rings. The van der Waals surface area contributed by atoms with Crippen molar-refractivity contribution < 1.29 is 9.05 Å². The van der Waals surface area contributed by atoms with Gasteiger partial charge in [-0.05, 0) is 37.4 Å². The highest BCUT2D eigenvalue weighted by Crippen LogP contribution is 2.42. The number of fused-ring (bicyclic) bond motifs is 1. The number of benzene rings is 1. The number of aromatic nitrogens is 1. The fourth-order valence-electron chi connectivity index (χ4n) is 1.80. The van der Waals surface area contributed by atoms with E-state index in [1.165, 1.54) is 5.39 Å². The second kappa shape index (κ2) is 6.67. The molecule has 1 aromatic carbocycles. The zero-order chi connectivity index (χ0) is 13.0. The van der Waals surface area contributed by atoms with Gasteiger partial charge in [-0.3, -0.25) is 0 Å². The van der Waals surface area contributed by atoms with Gasteiger partial charge in [0.05, 0.1) is 19.4 Å². The Morgan fingerprint density at radius 3 is 2.56 bits per heavy atom. The van der Waals surface area contributed by atoms with Gasteiger partial charge in [0.2, 0.25) is 0 Å². The van der Waals surface area contributed by atoms with Gasteiger partial charge in [-0.2, -0.15) is 0 Å². The van der Waals surface area contributed by atoms with E-state index in [9.17, 15) is 0 Å². The van der Waals surface area contributed by atoms with Gasteiger partial charge < -0.3 is 14.0 Å². The first-order valence-corrected chi connectivity index (χ1v) is 8.19. The Labute approximate surface area is 117 Å². The summed E-state index contributed by atoms with van der Waals surface area (Å²) in [5.74, 6) is 0. The molecule has 0 spiro atoms. The summed E-state index contributed by atoms with van der Waals surface area (Å²) in [6, 6.07) is 8.40. The summed E-state index contributed by atoms with van der Waals surface area (Å²) >= 11 is 3.48. The molecule has 0 amide bonds. The van der Waals surface area contributed by atoms with Gasteiger partial charge >= 0.3 is 0 Å². The van der Waals surface area contributed by atoms with Crippen LogP contribution in [0.5, 0.6) is 0 Å². The predicted molar refractivity (Wildman–Crippen MR) is 79.9 cm³/mol. The van der Waals surface area contributed by atoms with E-state index in [2.05, 4.69) is 39.1 Å². The smallest absolute Gasteiger partial charge is 0.176 e. The van der Waals surface area contributed by atoms with E-state index < -0.39 is 8.38 Å². The molecule has 5 heteroatoms. The summed E-state index contributed by atoms with van der Waals surface area (Å²) in [4.78, 5) is 3.41. The van der Waals surface area contributed by atoms with Crippen LogP contribution in [0.3, 0.4) is 0 Å². The average molecular weight is 330 g/mol. The predicted octanol–water partition coefficient (Wildman–Crippen LogP) is 4.82. The fraction of sp³-hybridized carbons (Fsp3) is 0.385. The minimum atomic E-state index is -0.825. The van der Waals surface area contributed by atoms with Crippen molar-refractivity contribution in [3.05, 3.63) is 34.4 Å². The summed E-state index contributed by atoms with van der Waals surface area (Å²) in [6.07, 6.45) is 0.809. The van der Waals surface area contributed by atoms with Crippen molar-refractivity contribution in [3.8, 4) is 0 Å². The molecular formula is C13H17BrNO2P. The second-order valence-corrected chi connectivity index (χ2v) is 6.27. The lowest BCUT2D eigenvalue weighted by Gasteiger charge is -2.14. The topological polar surface area (TPSA) is 34.2 Å². The number of nitrogens with one attached hydrogen (secondary N) is 1. The zero-order valence-electron chi connectivity index (χ0n) is 10.6. The molecule has 1 heterocycles. The van der Waals surface area contributed by atoms with Crippen molar-refractivity contribution in [2.45, 2.75) is 20.0 Å². The molecule has 2 aromatic rings. The van der Waals surface area contributed by atoms with Crippen molar-refractivity contribution >= 4 is 35.2 Å². The van der Waals surface area contributed by atoms with Gasteiger partial charge in [0.15, 0.2) is 8.38 Å². The normalized spacial score (nSPS) is 11.6. The molecule has 0 saturated carbocycles. The fourth-order valence-corrected chi connectivity index (χ4v) is 3.44. The molecule has 0 aliphatic carbocycles. The highest BCUT2D eigenvalue weighted by Gasteiger charge is 2.12. The minimum Gasteiger partial charge on any atom is -0.358 e. The van der Waals surface area contributed by atoms with E-state index in [0.29, 0.717) is 13.2 Å². The van der Waals surface area contributed by atoms with E-state index in [1.807, 2.05) is 19.9 Å². The van der Waals surface area contributed by atoms with Crippen molar-refractivity contribution in [1.29, 1.82) is 0 Å².